The van der Waals surface area contributed by atoms with E-state index in [9.17, 15) is 9.59 Å². The predicted molar refractivity (Wildman–Crippen MR) is 103 cm³/mol. The minimum absolute atomic E-state index is 0.200. The number of hydrogen-bond acceptors (Lipinski definition) is 6. The lowest BCUT2D eigenvalue weighted by molar-refractivity contribution is 0.0338. The number of furan rings is 1. The molecule has 7 nitrogen and oxygen atoms in total. The Morgan fingerprint density at radius 1 is 1.33 bits per heavy atom. The highest BCUT2D eigenvalue weighted by molar-refractivity contribution is 9.10. The van der Waals surface area contributed by atoms with Crippen molar-refractivity contribution in [3.05, 3.63) is 51.1 Å². The van der Waals surface area contributed by atoms with Gasteiger partial charge in [0.1, 0.15) is 5.76 Å². The van der Waals surface area contributed by atoms with E-state index in [1.807, 2.05) is 0 Å². The average molecular weight is 434 g/mol. The van der Waals surface area contributed by atoms with Crippen LogP contribution in [0.15, 0.2) is 32.5 Å². The molecule has 1 amide bonds. The molecule has 2 aromatic heterocycles. The van der Waals surface area contributed by atoms with Crippen molar-refractivity contribution in [1.29, 1.82) is 0 Å². The number of nitrogens with zero attached hydrogens (tertiary/aromatic N) is 2. The molecular formula is C19H20BrN3O4. The highest BCUT2D eigenvalue weighted by Crippen LogP contribution is 2.30. The summed E-state index contributed by atoms with van der Waals surface area (Å²) in [7, 11) is 0. The SMILES string of the molecule is Cc1c(C(=O)OC(C)C)oc2c1/C(=N/NC(=O)c1cncc(Br)c1)CCC2. The van der Waals surface area contributed by atoms with E-state index < -0.39 is 5.97 Å². The summed E-state index contributed by atoms with van der Waals surface area (Å²) in [6.07, 6.45) is 5.06. The molecule has 0 fully saturated rings. The maximum Gasteiger partial charge on any atom is 0.374 e. The fourth-order valence-electron chi connectivity index (χ4n) is 2.96. The molecule has 0 saturated heterocycles. The number of halogens is 1. The van der Waals surface area contributed by atoms with Crippen LogP contribution in [0.25, 0.3) is 0 Å². The minimum Gasteiger partial charge on any atom is -0.457 e. The molecule has 0 saturated carbocycles. The van der Waals surface area contributed by atoms with Crippen molar-refractivity contribution in [1.82, 2.24) is 10.4 Å². The Bertz CT molecular complexity index is 918. The van der Waals surface area contributed by atoms with E-state index in [0.717, 1.165) is 12.0 Å². The van der Waals surface area contributed by atoms with E-state index in [4.69, 9.17) is 9.15 Å². The number of carbonyl (C=O) groups excluding carboxylic acids is 2. The van der Waals surface area contributed by atoms with E-state index in [1.54, 1.807) is 33.0 Å². The number of hydrazone groups is 1. The zero-order chi connectivity index (χ0) is 19.6. The van der Waals surface area contributed by atoms with Gasteiger partial charge < -0.3 is 9.15 Å². The van der Waals surface area contributed by atoms with Crippen LogP contribution in [0.5, 0.6) is 0 Å². The molecule has 0 aromatic carbocycles. The van der Waals surface area contributed by atoms with Gasteiger partial charge in [0, 0.05) is 34.4 Å². The number of nitrogens with one attached hydrogen (secondary N) is 1. The number of carbonyl (C=O) groups is 2. The molecule has 2 aromatic rings. The van der Waals surface area contributed by atoms with Crippen molar-refractivity contribution < 1.29 is 18.7 Å². The van der Waals surface area contributed by atoms with Crippen LogP contribution in [0.3, 0.4) is 0 Å². The quantitative estimate of drug-likeness (QED) is 0.584. The molecule has 0 bridgehead atoms. The van der Waals surface area contributed by atoms with E-state index in [2.05, 4.69) is 31.4 Å². The lowest BCUT2D eigenvalue weighted by atomic mass is 9.93. The number of pyridine rings is 1. The molecule has 1 aliphatic carbocycles. The Kier molecular flexibility index (Phi) is 5.74. The van der Waals surface area contributed by atoms with Crippen LogP contribution in [0, 0.1) is 6.92 Å². The zero-order valence-electron chi connectivity index (χ0n) is 15.3. The third kappa shape index (κ3) is 4.27. The lowest BCUT2D eigenvalue weighted by Gasteiger charge is -2.13. The highest BCUT2D eigenvalue weighted by atomic mass is 79.9. The highest BCUT2D eigenvalue weighted by Gasteiger charge is 2.29. The second-order valence-corrected chi connectivity index (χ2v) is 7.47. The van der Waals surface area contributed by atoms with E-state index in [0.29, 0.717) is 39.9 Å². The molecule has 0 spiro atoms. The van der Waals surface area contributed by atoms with Gasteiger partial charge in [-0.3, -0.25) is 9.78 Å². The van der Waals surface area contributed by atoms with Gasteiger partial charge >= 0.3 is 5.97 Å². The Hall–Kier alpha value is -2.48. The summed E-state index contributed by atoms with van der Waals surface area (Å²) in [6.45, 7) is 5.38. The summed E-state index contributed by atoms with van der Waals surface area (Å²) in [4.78, 5) is 28.5. The molecule has 3 rings (SSSR count). The van der Waals surface area contributed by atoms with Gasteiger partial charge in [-0.05, 0) is 55.6 Å². The first-order chi connectivity index (χ1) is 12.9. The monoisotopic (exact) mass is 433 g/mol. The molecule has 0 aliphatic heterocycles. The fourth-order valence-corrected chi connectivity index (χ4v) is 3.33. The third-order valence-corrected chi connectivity index (χ3v) is 4.55. The second-order valence-electron chi connectivity index (χ2n) is 6.55. The van der Waals surface area contributed by atoms with Crippen molar-refractivity contribution in [3.8, 4) is 0 Å². The van der Waals surface area contributed by atoms with Crippen molar-refractivity contribution in [2.45, 2.75) is 46.1 Å². The lowest BCUT2D eigenvalue weighted by Crippen LogP contribution is -2.22. The zero-order valence-corrected chi connectivity index (χ0v) is 16.9. The third-order valence-electron chi connectivity index (χ3n) is 4.11. The van der Waals surface area contributed by atoms with Crippen molar-refractivity contribution in [2.24, 2.45) is 5.10 Å². The predicted octanol–water partition coefficient (Wildman–Crippen LogP) is 3.78. The summed E-state index contributed by atoms with van der Waals surface area (Å²) in [6, 6.07) is 1.66. The van der Waals surface area contributed by atoms with Gasteiger partial charge in [0.15, 0.2) is 0 Å². The molecular weight excluding hydrogens is 414 g/mol. The first-order valence-electron chi connectivity index (χ1n) is 8.68. The number of esters is 1. The molecule has 0 atom stereocenters. The molecule has 0 unspecified atom stereocenters. The number of amides is 1. The van der Waals surface area contributed by atoms with Crippen LogP contribution < -0.4 is 5.43 Å². The van der Waals surface area contributed by atoms with Gasteiger partial charge in [0.2, 0.25) is 5.76 Å². The maximum atomic E-state index is 12.3. The molecule has 142 valence electrons. The van der Waals surface area contributed by atoms with Crippen LogP contribution in [-0.4, -0.2) is 28.7 Å². The maximum absolute atomic E-state index is 12.3. The van der Waals surface area contributed by atoms with Crippen molar-refractivity contribution in [2.75, 3.05) is 0 Å². The van der Waals surface area contributed by atoms with Gasteiger partial charge in [0.05, 0.1) is 17.4 Å². The molecule has 1 N–H and O–H groups in total. The van der Waals surface area contributed by atoms with Crippen LogP contribution in [-0.2, 0) is 11.2 Å². The van der Waals surface area contributed by atoms with Gasteiger partial charge in [0.25, 0.3) is 5.91 Å². The van der Waals surface area contributed by atoms with Crippen molar-refractivity contribution >= 4 is 33.5 Å². The van der Waals surface area contributed by atoms with E-state index in [-0.39, 0.29) is 17.8 Å². The Morgan fingerprint density at radius 3 is 2.81 bits per heavy atom. The Labute approximate surface area is 165 Å². The Balaban J connectivity index is 1.85. The topological polar surface area (TPSA) is 93.8 Å². The van der Waals surface area contributed by atoms with E-state index in [1.165, 1.54) is 6.20 Å². The molecule has 1 aliphatic rings. The number of fused-ring (bicyclic) bond motifs is 1. The normalized spacial score (nSPS) is 14.9. The summed E-state index contributed by atoms with van der Waals surface area (Å²) in [5, 5.41) is 4.29. The average Bonchev–Trinajstić information content (AvgIpc) is 2.97. The second kappa shape index (κ2) is 8.04. The number of aromatic nitrogens is 1. The first-order valence-corrected chi connectivity index (χ1v) is 9.47. The Morgan fingerprint density at radius 2 is 2.11 bits per heavy atom. The fraction of sp³-hybridized carbons (Fsp3) is 0.368. The van der Waals surface area contributed by atoms with Gasteiger partial charge in [-0.15, -0.1) is 0 Å². The largest absolute Gasteiger partial charge is 0.457 e. The summed E-state index contributed by atoms with van der Waals surface area (Å²) >= 11 is 3.29. The first kappa shape index (κ1) is 19.3. The van der Waals surface area contributed by atoms with Gasteiger partial charge in [-0.1, -0.05) is 0 Å². The summed E-state index contributed by atoms with van der Waals surface area (Å²) in [5.74, 6) is 0.0573. The van der Waals surface area contributed by atoms with Crippen LogP contribution in [0.2, 0.25) is 0 Å². The van der Waals surface area contributed by atoms with Gasteiger partial charge in [-0.2, -0.15) is 5.10 Å². The molecule has 27 heavy (non-hydrogen) atoms. The number of ether oxygens (including phenoxy) is 1. The van der Waals surface area contributed by atoms with Crippen LogP contribution >= 0.6 is 15.9 Å². The standard InChI is InChI=1S/C19H20BrN3O4/c1-10(2)26-19(25)17-11(3)16-14(5-4-6-15(16)27-17)22-23-18(24)12-7-13(20)9-21-8-12/h7-10H,4-6H2,1-3H3,(H,23,24)/b22-14+. The van der Waals surface area contributed by atoms with Crippen molar-refractivity contribution in [3.63, 3.8) is 0 Å². The summed E-state index contributed by atoms with van der Waals surface area (Å²) < 4.78 is 11.7. The minimum atomic E-state index is -0.486. The molecule has 8 heteroatoms. The smallest absolute Gasteiger partial charge is 0.374 e. The molecule has 0 radical (unpaired) electrons. The van der Waals surface area contributed by atoms with Crippen LogP contribution in [0.1, 0.15) is 64.5 Å². The number of hydrogen-bond donors (Lipinski definition) is 1. The summed E-state index contributed by atoms with van der Waals surface area (Å²) in [5.41, 5.74) is 5.12. The van der Waals surface area contributed by atoms with Crippen LogP contribution in [0.4, 0.5) is 0 Å². The molecule has 2 heterocycles. The number of aryl methyl sites for hydroxylation is 1. The van der Waals surface area contributed by atoms with E-state index >= 15 is 0 Å². The number of rotatable bonds is 4. The van der Waals surface area contributed by atoms with Gasteiger partial charge in [-0.25, -0.2) is 10.2 Å².